The van der Waals surface area contributed by atoms with Crippen molar-refractivity contribution < 1.29 is 4.79 Å². The molecule has 0 aliphatic carbocycles. The van der Waals surface area contributed by atoms with Crippen molar-refractivity contribution in [2.75, 3.05) is 0 Å². The van der Waals surface area contributed by atoms with Gasteiger partial charge in [0.15, 0.2) is 0 Å². The first-order chi connectivity index (χ1) is 14.5. The molecule has 0 unspecified atom stereocenters. The summed E-state index contributed by atoms with van der Waals surface area (Å²) in [6.07, 6.45) is 0.292. The van der Waals surface area contributed by atoms with Crippen LogP contribution < -0.4 is 5.32 Å². The fourth-order valence-electron chi connectivity index (χ4n) is 3.25. The average molecular weight is 437 g/mol. The van der Waals surface area contributed by atoms with E-state index in [1.165, 1.54) is 11.3 Å². The zero-order chi connectivity index (χ0) is 21.1. The highest BCUT2D eigenvalue weighted by molar-refractivity contribution is 7.12. The van der Waals surface area contributed by atoms with Gasteiger partial charge in [-0.25, -0.2) is 9.67 Å². The molecule has 7 heteroatoms. The number of aromatic nitrogens is 3. The molecule has 0 radical (unpaired) electrons. The molecular weight excluding hydrogens is 416 g/mol. The Hall–Kier alpha value is -2.96. The standard InChI is InChI=1S/C23H21ClN4OS/c1-15-20(12-22(29)25-13-17-6-4-3-5-7-17)16(2)28(27-15)23-26-21(14-30-23)18-8-10-19(24)11-9-18/h3-11,14H,12-13H2,1-2H3,(H,25,29). The number of carbonyl (C=O) groups is 1. The highest BCUT2D eigenvalue weighted by Gasteiger charge is 2.18. The first-order valence-corrected chi connectivity index (χ1v) is 10.8. The van der Waals surface area contributed by atoms with Gasteiger partial charge in [-0.2, -0.15) is 5.10 Å². The number of aryl methyl sites for hydroxylation is 1. The Kier molecular flexibility index (Phi) is 5.97. The van der Waals surface area contributed by atoms with Gasteiger partial charge in [0.1, 0.15) is 0 Å². The average Bonchev–Trinajstić information content (AvgIpc) is 3.34. The molecule has 1 N–H and O–H groups in total. The first-order valence-electron chi connectivity index (χ1n) is 9.59. The zero-order valence-electron chi connectivity index (χ0n) is 16.7. The molecule has 1 amide bonds. The molecule has 30 heavy (non-hydrogen) atoms. The van der Waals surface area contributed by atoms with Crippen LogP contribution in [0.3, 0.4) is 0 Å². The molecule has 2 aromatic heterocycles. The van der Waals surface area contributed by atoms with Crippen LogP contribution in [-0.4, -0.2) is 20.7 Å². The predicted molar refractivity (Wildman–Crippen MR) is 121 cm³/mol. The second-order valence-electron chi connectivity index (χ2n) is 7.02. The first kappa shape index (κ1) is 20.3. The molecule has 0 saturated carbocycles. The van der Waals surface area contributed by atoms with Crippen molar-refractivity contribution in [3.63, 3.8) is 0 Å². The number of rotatable bonds is 6. The summed E-state index contributed by atoms with van der Waals surface area (Å²) in [4.78, 5) is 17.2. The molecule has 0 fully saturated rings. The molecule has 2 aromatic carbocycles. The summed E-state index contributed by atoms with van der Waals surface area (Å²) in [5, 5.41) is 11.1. The number of carbonyl (C=O) groups excluding carboxylic acids is 1. The van der Waals surface area contributed by atoms with Gasteiger partial charge in [0, 0.05) is 33.8 Å². The van der Waals surface area contributed by atoms with E-state index in [1.54, 1.807) is 0 Å². The summed E-state index contributed by atoms with van der Waals surface area (Å²) < 4.78 is 1.82. The summed E-state index contributed by atoms with van der Waals surface area (Å²) in [7, 11) is 0. The third-order valence-electron chi connectivity index (χ3n) is 4.92. The lowest BCUT2D eigenvalue weighted by Gasteiger charge is -2.06. The Labute approximate surface area is 184 Å². The van der Waals surface area contributed by atoms with Crippen molar-refractivity contribution in [3.8, 4) is 16.4 Å². The highest BCUT2D eigenvalue weighted by Crippen LogP contribution is 2.27. The van der Waals surface area contributed by atoms with Crippen LogP contribution in [0.25, 0.3) is 16.4 Å². The Bertz CT molecular complexity index is 1170. The van der Waals surface area contributed by atoms with E-state index in [1.807, 2.05) is 78.5 Å². The number of nitrogens with one attached hydrogen (secondary N) is 1. The third kappa shape index (κ3) is 4.45. The fraction of sp³-hybridized carbons (Fsp3) is 0.174. The van der Waals surface area contributed by atoms with E-state index >= 15 is 0 Å². The van der Waals surface area contributed by atoms with Crippen molar-refractivity contribution in [3.05, 3.63) is 87.5 Å². The van der Waals surface area contributed by atoms with E-state index in [2.05, 4.69) is 10.4 Å². The van der Waals surface area contributed by atoms with E-state index in [0.29, 0.717) is 18.0 Å². The van der Waals surface area contributed by atoms with Crippen LogP contribution in [0.5, 0.6) is 0 Å². The van der Waals surface area contributed by atoms with Gasteiger partial charge in [-0.05, 0) is 31.5 Å². The van der Waals surface area contributed by atoms with Gasteiger partial charge in [0.2, 0.25) is 11.0 Å². The number of benzene rings is 2. The van der Waals surface area contributed by atoms with Crippen molar-refractivity contribution in [1.29, 1.82) is 0 Å². The second-order valence-corrected chi connectivity index (χ2v) is 8.30. The molecule has 0 saturated heterocycles. The Morgan fingerprint density at radius 2 is 1.83 bits per heavy atom. The minimum atomic E-state index is -0.0226. The Morgan fingerprint density at radius 1 is 1.10 bits per heavy atom. The third-order valence-corrected chi connectivity index (χ3v) is 5.99. The molecule has 2 heterocycles. The zero-order valence-corrected chi connectivity index (χ0v) is 18.3. The van der Waals surface area contributed by atoms with Crippen LogP contribution in [0.15, 0.2) is 60.0 Å². The molecular formula is C23H21ClN4OS. The minimum absolute atomic E-state index is 0.0226. The van der Waals surface area contributed by atoms with Crippen LogP contribution in [0, 0.1) is 13.8 Å². The summed E-state index contributed by atoms with van der Waals surface area (Å²) in [6.45, 7) is 4.42. The smallest absolute Gasteiger partial charge is 0.224 e. The van der Waals surface area contributed by atoms with Crippen molar-refractivity contribution in [2.45, 2.75) is 26.8 Å². The quantitative estimate of drug-likeness (QED) is 0.456. The molecule has 4 rings (SSSR count). The molecule has 0 spiro atoms. The minimum Gasteiger partial charge on any atom is -0.352 e. The van der Waals surface area contributed by atoms with Crippen LogP contribution >= 0.6 is 22.9 Å². The van der Waals surface area contributed by atoms with E-state index in [9.17, 15) is 4.79 Å². The topological polar surface area (TPSA) is 59.8 Å². The molecule has 0 aliphatic heterocycles. The molecule has 152 valence electrons. The number of thiazole rings is 1. The summed E-state index contributed by atoms with van der Waals surface area (Å²) in [6, 6.07) is 17.5. The summed E-state index contributed by atoms with van der Waals surface area (Å²) in [5.74, 6) is -0.0226. The van der Waals surface area contributed by atoms with Gasteiger partial charge in [-0.1, -0.05) is 54.1 Å². The van der Waals surface area contributed by atoms with Gasteiger partial charge in [-0.15, -0.1) is 11.3 Å². The fourth-order valence-corrected chi connectivity index (χ4v) is 4.21. The van der Waals surface area contributed by atoms with E-state index < -0.39 is 0 Å². The van der Waals surface area contributed by atoms with Gasteiger partial charge < -0.3 is 5.32 Å². The van der Waals surface area contributed by atoms with Gasteiger partial charge in [0.25, 0.3) is 0 Å². The maximum Gasteiger partial charge on any atom is 0.224 e. The monoisotopic (exact) mass is 436 g/mol. The van der Waals surface area contributed by atoms with E-state index in [0.717, 1.165) is 38.9 Å². The van der Waals surface area contributed by atoms with Crippen molar-refractivity contribution in [1.82, 2.24) is 20.1 Å². The van der Waals surface area contributed by atoms with Crippen molar-refractivity contribution in [2.24, 2.45) is 0 Å². The normalized spacial score (nSPS) is 10.9. The predicted octanol–water partition coefficient (Wildman–Crippen LogP) is 5.12. The number of hydrogen-bond donors (Lipinski definition) is 1. The van der Waals surface area contributed by atoms with Crippen LogP contribution in [0.2, 0.25) is 5.02 Å². The van der Waals surface area contributed by atoms with Crippen LogP contribution in [0.4, 0.5) is 0 Å². The lowest BCUT2D eigenvalue weighted by Crippen LogP contribution is -2.25. The lowest BCUT2D eigenvalue weighted by atomic mass is 10.1. The van der Waals surface area contributed by atoms with Crippen LogP contribution in [0.1, 0.15) is 22.5 Å². The molecule has 5 nitrogen and oxygen atoms in total. The largest absolute Gasteiger partial charge is 0.352 e. The number of amides is 1. The number of nitrogens with zero attached hydrogens (tertiary/aromatic N) is 3. The SMILES string of the molecule is Cc1nn(-c2nc(-c3ccc(Cl)cc3)cs2)c(C)c1CC(=O)NCc1ccccc1. The summed E-state index contributed by atoms with van der Waals surface area (Å²) in [5.41, 5.74) is 5.66. The van der Waals surface area contributed by atoms with Crippen LogP contribution in [-0.2, 0) is 17.8 Å². The van der Waals surface area contributed by atoms with Gasteiger partial charge >= 0.3 is 0 Å². The lowest BCUT2D eigenvalue weighted by molar-refractivity contribution is -0.120. The maximum atomic E-state index is 12.5. The summed E-state index contributed by atoms with van der Waals surface area (Å²) >= 11 is 7.50. The van der Waals surface area contributed by atoms with E-state index in [4.69, 9.17) is 16.6 Å². The van der Waals surface area contributed by atoms with Crippen molar-refractivity contribution >= 4 is 28.8 Å². The van der Waals surface area contributed by atoms with Gasteiger partial charge in [0.05, 0.1) is 17.8 Å². The number of hydrogen-bond acceptors (Lipinski definition) is 4. The number of halogens is 1. The molecule has 0 aliphatic rings. The van der Waals surface area contributed by atoms with Gasteiger partial charge in [-0.3, -0.25) is 4.79 Å². The highest BCUT2D eigenvalue weighted by atomic mass is 35.5. The maximum absolute atomic E-state index is 12.5. The molecule has 4 aromatic rings. The van der Waals surface area contributed by atoms with E-state index in [-0.39, 0.29) is 5.91 Å². The second kappa shape index (κ2) is 8.81. The Morgan fingerprint density at radius 3 is 2.57 bits per heavy atom. The molecule has 0 atom stereocenters. The molecule has 0 bridgehead atoms. The Balaban J connectivity index is 1.49.